The van der Waals surface area contributed by atoms with Crippen LogP contribution in [0.5, 0.6) is 0 Å². The summed E-state index contributed by atoms with van der Waals surface area (Å²) >= 11 is 0. The Morgan fingerprint density at radius 1 is 0.375 bits per heavy atom. The summed E-state index contributed by atoms with van der Waals surface area (Å²) in [5, 5.41) is 0. The Kier molecular flexibility index (Phi) is 3.73. The molecule has 2 aliphatic carbocycles. The van der Waals surface area contributed by atoms with Gasteiger partial charge in [-0.1, -0.05) is 85.1 Å². The second-order valence-corrected chi connectivity index (χ2v) is 3.50. The maximum atomic E-state index is 2.12. The normalized spacial score (nSPS) is 18.5. The van der Waals surface area contributed by atoms with Gasteiger partial charge in [-0.2, -0.15) is 0 Å². The van der Waals surface area contributed by atoms with E-state index in [4.69, 9.17) is 0 Å². The van der Waals surface area contributed by atoms with Crippen molar-refractivity contribution in [2.45, 2.75) is 0 Å². The second kappa shape index (κ2) is 5.72. The standard InChI is InChI=1S/C16H14/c1-3-7-11-15-13-9-5-2-6-10-14-16(15)12-8-4-1/h1-14H. The number of fused-ring (bicyclic) bond motifs is 1. The van der Waals surface area contributed by atoms with Crippen molar-refractivity contribution in [1.29, 1.82) is 0 Å². The number of hydrogen-bond acceptors (Lipinski definition) is 0. The minimum atomic E-state index is 1.22. The fourth-order valence-corrected chi connectivity index (χ4v) is 1.52. The molecule has 0 saturated carbocycles. The van der Waals surface area contributed by atoms with E-state index in [0.29, 0.717) is 0 Å². The van der Waals surface area contributed by atoms with Crippen LogP contribution in [0.3, 0.4) is 0 Å². The van der Waals surface area contributed by atoms with Gasteiger partial charge in [-0.05, 0) is 11.1 Å². The van der Waals surface area contributed by atoms with E-state index in [1.807, 2.05) is 36.5 Å². The highest BCUT2D eigenvalue weighted by atomic mass is 14.0. The van der Waals surface area contributed by atoms with Crippen molar-refractivity contribution >= 4 is 0 Å². The van der Waals surface area contributed by atoms with Crippen molar-refractivity contribution in [2.24, 2.45) is 0 Å². The Balaban J connectivity index is 2.46. The van der Waals surface area contributed by atoms with Gasteiger partial charge < -0.3 is 0 Å². The van der Waals surface area contributed by atoms with E-state index in [1.165, 1.54) is 11.1 Å². The first-order valence-corrected chi connectivity index (χ1v) is 5.40. The van der Waals surface area contributed by atoms with Gasteiger partial charge in [0.25, 0.3) is 0 Å². The molecule has 0 N–H and O–H groups in total. The zero-order valence-electron chi connectivity index (χ0n) is 9.08. The first kappa shape index (κ1) is 10.4. The molecule has 0 aromatic carbocycles. The van der Waals surface area contributed by atoms with Crippen LogP contribution in [-0.2, 0) is 0 Å². The predicted octanol–water partition coefficient (Wildman–Crippen LogP) is 4.20. The van der Waals surface area contributed by atoms with Crippen LogP contribution in [0.15, 0.2) is 96.2 Å². The first-order chi connectivity index (χ1) is 7.97. The molecule has 0 unspecified atom stereocenters. The SMILES string of the molecule is C1=CC=CC2=CC=CC=CC=CC2=CC=C1. The summed E-state index contributed by atoms with van der Waals surface area (Å²) < 4.78 is 0. The Labute approximate surface area is 96.7 Å². The molecule has 0 radical (unpaired) electrons. The smallest absolute Gasteiger partial charge is 0.0184 e. The van der Waals surface area contributed by atoms with Gasteiger partial charge in [0, 0.05) is 0 Å². The summed E-state index contributed by atoms with van der Waals surface area (Å²) in [7, 11) is 0. The van der Waals surface area contributed by atoms with Crippen molar-refractivity contribution in [2.75, 3.05) is 0 Å². The Morgan fingerprint density at radius 2 is 0.750 bits per heavy atom. The lowest BCUT2D eigenvalue weighted by Gasteiger charge is -2.01. The molecule has 0 heterocycles. The van der Waals surface area contributed by atoms with Crippen LogP contribution < -0.4 is 0 Å². The topological polar surface area (TPSA) is 0 Å². The van der Waals surface area contributed by atoms with Crippen molar-refractivity contribution < 1.29 is 0 Å². The minimum absolute atomic E-state index is 1.22. The van der Waals surface area contributed by atoms with Crippen molar-refractivity contribution in [3.63, 3.8) is 0 Å². The van der Waals surface area contributed by atoms with Crippen molar-refractivity contribution in [1.82, 2.24) is 0 Å². The zero-order chi connectivity index (χ0) is 11.1. The van der Waals surface area contributed by atoms with E-state index in [2.05, 4.69) is 48.6 Å². The molecule has 0 aromatic heterocycles. The fraction of sp³-hybridized carbons (Fsp3) is 0. The third kappa shape index (κ3) is 2.96. The van der Waals surface area contributed by atoms with Gasteiger partial charge in [0.2, 0.25) is 0 Å². The molecule has 0 spiro atoms. The molecular weight excluding hydrogens is 192 g/mol. The monoisotopic (exact) mass is 206 g/mol. The predicted molar refractivity (Wildman–Crippen MR) is 71.0 cm³/mol. The highest BCUT2D eigenvalue weighted by Crippen LogP contribution is 2.16. The maximum Gasteiger partial charge on any atom is -0.0184 e. The lowest BCUT2D eigenvalue weighted by molar-refractivity contribution is 1.54. The van der Waals surface area contributed by atoms with Crippen LogP contribution in [0, 0.1) is 0 Å². The summed E-state index contributed by atoms with van der Waals surface area (Å²) in [6, 6.07) is 0. The molecule has 0 aromatic rings. The maximum absolute atomic E-state index is 2.12. The van der Waals surface area contributed by atoms with Gasteiger partial charge in [-0.3, -0.25) is 0 Å². The third-order valence-electron chi connectivity index (χ3n) is 2.33. The van der Waals surface area contributed by atoms with Crippen LogP contribution in [0.1, 0.15) is 0 Å². The summed E-state index contributed by atoms with van der Waals surface area (Å²) in [6.07, 6.45) is 28.9. The van der Waals surface area contributed by atoms with Gasteiger partial charge in [0.15, 0.2) is 0 Å². The highest BCUT2D eigenvalue weighted by Gasteiger charge is 1.96. The van der Waals surface area contributed by atoms with E-state index in [0.717, 1.165) is 0 Å². The van der Waals surface area contributed by atoms with Crippen LogP contribution >= 0.6 is 0 Å². The molecule has 0 atom stereocenters. The molecule has 0 amide bonds. The molecule has 2 aliphatic rings. The van der Waals surface area contributed by atoms with Gasteiger partial charge >= 0.3 is 0 Å². The fourth-order valence-electron chi connectivity index (χ4n) is 1.52. The lowest BCUT2D eigenvalue weighted by Crippen LogP contribution is -1.82. The second-order valence-electron chi connectivity index (χ2n) is 3.50. The van der Waals surface area contributed by atoms with Gasteiger partial charge in [-0.25, -0.2) is 0 Å². The van der Waals surface area contributed by atoms with E-state index in [-0.39, 0.29) is 0 Å². The van der Waals surface area contributed by atoms with Gasteiger partial charge in [-0.15, -0.1) is 0 Å². The summed E-state index contributed by atoms with van der Waals surface area (Å²) in [4.78, 5) is 0. The van der Waals surface area contributed by atoms with Crippen molar-refractivity contribution in [3.05, 3.63) is 96.2 Å². The molecule has 16 heavy (non-hydrogen) atoms. The van der Waals surface area contributed by atoms with E-state index in [9.17, 15) is 0 Å². The van der Waals surface area contributed by atoms with Crippen LogP contribution in [0.4, 0.5) is 0 Å². The summed E-state index contributed by atoms with van der Waals surface area (Å²) in [5.41, 5.74) is 2.43. The van der Waals surface area contributed by atoms with Gasteiger partial charge in [0.1, 0.15) is 0 Å². The number of rotatable bonds is 0. The highest BCUT2D eigenvalue weighted by molar-refractivity contribution is 5.52. The minimum Gasteiger partial charge on any atom is -0.0623 e. The molecule has 2 rings (SSSR count). The molecule has 0 nitrogen and oxygen atoms in total. The van der Waals surface area contributed by atoms with E-state index >= 15 is 0 Å². The van der Waals surface area contributed by atoms with Crippen LogP contribution in [-0.4, -0.2) is 0 Å². The number of hydrogen-bond donors (Lipinski definition) is 0. The van der Waals surface area contributed by atoms with Crippen LogP contribution in [0.2, 0.25) is 0 Å². The lowest BCUT2D eigenvalue weighted by atomic mass is 10.0. The Hall–Kier alpha value is -2.08. The molecule has 0 heteroatoms. The molecular formula is C16H14. The first-order valence-electron chi connectivity index (χ1n) is 5.40. The third-order valence-corrected chi connectivity index (χ3v) is 2.33. The van der Waals surface area contributed by atoms with E-state index in [1.54, 1.807) is 0 Å². The van der Waals surface area contributed by atoms with Crippen LogP contribution in [0.25, 0.3) is 0 Å². The quantitative estimate of drug-likeness (QED) is 0.557. The molecule has 0 bridgehead atoms. The van der Waals surface area contributed by atoms with Gasteiger partial charge in [0.05, 0.1) is 0 Å². The molecule has 0 saturated heterocycles. The molecule has 0 aliphatic heterocycles. The summed E-state index contributed by atoms with van der Waals surface area (Å²) in [5.74, 6) is 0. The zero-order valence-corrected chi connectivity index (χ0v) is 9.08. The van der Waals surface area contributed by atoms with Crippen molar-refractivity contribution in [3.8, 4) is 0 Å². The largest absolute Gasteiger partial charge is 0.0623 e. The number of allylic oxidation sites excluding steroid dienone is 16. The molecule has 78 valence electrons. The Morgan fingerprint density at radius 3 is 1.25 bits per heavy atom. The molecule has 0 fully saturated rings. The average Bonchev–Trinajstić information content (AvgIpc) is 2.46. The Bertz CT molecular complexity index is 426. The average molecular weight is 206 g/mol. The summed E-state index contributed by atoms with van der Waals surface area (Å²) in [6.45, 7) is 0. The van der Waals surface area contributed by atoms with E-state index < -0.39 is 0 Å².